The molecule has 0 atom stereocenters. The minimum absolute atomic E-state index is 0.109. The molecule has 0 bridgehead atoms. The molecule has 0 spiro atoms. The van der Waals surface area contributed by atoms with Crippen LogP contribution in [0.15, 0.2) is 30.5 Å². The minimum atomic E-state index is -3.38. The number of benzene rings is 1. The highest BCUT2D eigenvalue weighted by Gasteiger charge is 2.29. The molecule has 8 nitrogen and oxygen atoms in total. The van der Waals surface area contributed by atoms with E-state index in [4.69, 9.17) is 4.98 Å². The lowest BCUT2D eigenvalue weighted by molar-refractivity contribution is 0.0746. The Labute approximate surface area is 200 Å². The molecule has 1 aromatic carbocycles. The lowest BCUT2D eigenvalue weighted by Crippen LogP contribution is -2.49. The third-order valence-corrected chi connectivity index (χ3v) is 8.85. The smallest absolute Gasteiger partial charge is 0.255 e. The van der Waals surface area contributed by atoms with E-state index in [-0.39, 0.29) is 17.2 Å². The number of pyridine rings is 1. The average Bonchev–Trinajstić information content (AvgIpc) is 3.69. The fourth-order valence-electron chi connectivity index (χ4n) is 4.90. The van der Waals surface area contributed by atoms with E-state index in [1.165, 1.54) is 34.3 Å². The van der Waals surface area contributed by atoms with E-state index in [1.54, 1.807) is 17.0 Å². The van der Waals surface area contributed by atoms with Gasteiger partial charge >= 0.3 is 0 Å². The van der Waals surface area contributed by atoms with Crippen molar-refractivity contribution in [1.82, 2.24) is 9.88 Å². The molecule has 0 unspecified atom stereocenters. The second kappa shape index (κ2) is 8.91. The van der Waals surface area contributed by atoms with Crippen LogP contribution in [0.1, 0.15) is 58.6 Å². The van der Waals surface area contributed by atoms with Crippen LogP contribution in [0.2, 0.25) is 0 Å². The number of aromatic nitrogens is 1. The number of hydrogen-bond donors (Lipinski definition) is 0. The molecule has 34 heavy (non-hydrogen) atoms. The summed E-state index contributed by atoms with van der Waals surface area (Å²) in [5, 5.41) is 9.70. The monoisotopic (exact) mass is 479 g/mol. The first-order valence-electron chi connectivity index (χ1n) is 11.9. The standard InChI is InChI=1S/C25H29N5O3S/c1-18-14-21(19-4-5-19)17-27-24(18)28-9-11-29(12-10-28)25(31)23-7-6-22(15-20(23)16-26)30-8-2-3-13-34(30,32)33/h6-7,14-15,17,19H,2-5,8-13H2,1H3. The van der Waals surface area contributed by atoms with Gasteiger partial charge in [-0.05, 0) is 67.9 Å². The summed E-state index contributed by atoms with van der Waals surface area (Å²) >= 11 is 0. The fraction of sp³-hybridized carbons (Fsp3) is 0.480. The Morgan fingerprint density at radius 2 is 1.85 bits per heavy atom. The number of hydrogen-bond acceptors (Lipinski definition) is 6. The lowest BCUT2D eigenvalue weighted by Gasteiger charge is -2.36. The Kier molecular flexibility index (Phi) is 5.94. The lowest BCUT2D eigenvalue weighted by atomic mass is 10.1. The number of anilines is 2. The molecule has 3 fully saturated rings. The molecule has 2 aromatic rings. The molecule has 1 aliphatic carbocycles. The Hall–Kier alpha value is -3.12. The number of amides is 1. The molecule has 178 valence electrons. The van der Waals surface area contributed by atoms with Crippen molar-refractivity contribution in [1.29, 1.82) is 5.26 Å². The van der Waals surface area contributed by atoms with Gasteiger partial charge in [-0.1, -0.05) is 6.07 Å². The third-order valence-electron chi connectivity index (χ3n) is 6.98. The number of rotatable bonds is 4. The van der Waals surface area contributed by atoms with Crippen LogP contribution in [-0.4, -0.2) is 62.7 Å². The van der Waals surface area contributed by atoms with Crippen LogP contribution in [0.5, 0.6) is 0 Å². The van der Waals surface area contributed by atoms with Gasteiger partial charge in [0.2, 0.25) is 10.0 Å². The Bertz CT molecular complexity index is 1260. The summed E-state index contributed by atoms with van der Waals surface area (Å²) in [6.45, 7) is 4.92. The molecule has 0 N–H and O–H groups in total. The number of piperazine rings is 1. The third kappa shape index (κ3) is 4.34. The van der Waals surface area contributed by atoms with E-state index in [1.807, 2.05) is 6.20 Å². The van der Waals surface area contributed by atoms with Gasteiger partial charge in [0.15, 0.2) is 0 Å². The molecule has 1 aromatic heterocycles. The van der Waals surface area contributed by atoms with Crippen LogP contribution < -0.4 is 9.21 Å². The molecule has 1 saturated carbocycles. The first-order chi connectivity index (χ1) is 16.4. The summed E-state index contributed by atoms with van der Waals surface area (Å²) in [4.78, 5) is 21.9. The van der Waals surface area contributed by atoms with Crippen LogP contribution in [0.4, 0.5) is 11.5 Å². The number of carbonyl (C=O) groups excluding carboxylic acids is 1. The van der Waals surface area contributed by atoms with Gasteiger partial charge in [0, 0.05) is 38.9 Å². The van der Waals surface area contributed by atoms with Gasteiger partial charge in [0.25, 0.3) is 5.91 Å². The first kappa shape index (κ1) is 22.7. The van der Waals surface area contributed by atoms with Gasteiger partial charge in [-0.2, -0.15) is 5.26 Å². The normalized spacial score (nSPS) is 20.2. The molecular weight excluding hydrogens is 450 g/mol. The quantitative estimate of drug-likeness (QED) is 0.669. The number of nitrogens with zero attached hydrogens (tertiary/aromatic N) is 5. The topological polar surface area (TPSA) is 97.6 Å². The van der Waals surface area contributed by atoms with E-state index >= 15 is 0 Å². The maximum absolute atomic E-state index is 13.2. The highest BCUT2D eigenvalue weighted by atomic mass is 32.2. The van der Waals surface area contributed by atoms with Crippen LogP contribution in [-0.2, 0) is 10.0 Å². The predicted octanol–water partition coefficient (Wildman–Crippen LogP) is 3.03. The molecule has 5 rings (SSSR count). The Morgan fingerprint density at radius 3 is 2.50 bits per heavy atom. The van der Waals surface area contributed by atoms with Gasteiger partial charge in [-0.3, -0.25) is 9.10 Å². The summed E-state index contributed by atoms with van der Waals surface area (Å²) < 4.78 is 26.2. The SMILES string of the molecule is Cc1cc(C2CC2)cnc1N1CCN(C(=O)c2ccc(N3CCCCS3(=O)=O)cc2C#N)CC1. The predicted molar refractivity (Wildman–Crippen MR) is 131 cm³/mol. The van der Waals surface area contributed by atoms with Crippen molar-refractivity contribution in [3.63, 3.8) is 0 Å². The molecule has 3 heterocycles. The van der Waals surface area contributed by atoms with E-state index in [0.29, 0.717) is 56.3 Å². The molecule has 3 aliphatic rings. The zero-order chi connectivity index (χ0) is 23.9. The van der Waals surface area contributed by atoms with Gasteiger partial charge in [0.1, 0.15) is 11.9 Å². The maximum atomic E-state index is 13.2. The summed E-state index contributed by atoms with van der Waals surface area (Å²) in [5.74, 6) is 1.56. The number of nitriles is 1. The minimum Gasteiger partial charge on any atom is -0.353 e. The second-order valence-corrected chi connectivity index (χ2v) is 11.4. The second-order valence-electron chi connectivity index (χ2n) is 9.40. The summed E-state index contributed by atoms with van der Waals surface area (Å²) in [6.07, 6.45) is 5.91. The van der Waals surface area contributed by atoms with E-state index < -0.39 is 10.0 Å². The van der Waals surface area contributed by atoms with Crippen LogP contribution in [0.3, 0.4) is 0 Å². The van der Waals surface area contributed by atoms with Crippen molar-refractivity contribution >= 4 is 27.4 Å². The number of sulfonamides is 1. The van der Waals surface area contributed by atoms with Crippen molar-refractivity contribution in [2.45, 2.75) is 38.5 Å². The van der Waals surface area contributed by atoms with Gasteiger partial charge in [0.05, 0.1) is 22.6 Å². The summed E-state index contributed by atoms with van der Waals surface area (Å²) in [6, 6.07) is 9.09. The molecule has 1 amide bonds. The molecule has 2 saturated heterocycles. The number of aryl methyl sites for hydroxylation is 1. The largest absolute Gasteiger partial charge is 0.353 e. The van der Waals surface area contributed by atoms with Gasteiger partial charge < -0.3 is 9.80 Å². The Morgan fingerprint density at radius 1 is 1.09 bits per heavy atom. The van der Waals surface area contributed by atoms with Crippen LogP contribution >= 0.6 is 0 Å². The molecular formula is C25H29N5O3S. The fourth-order valence-corrected chi connectivity index (χ4v) is 6.53. The van der Waals surface area contributed by atoms with Crippen molar-refractivity contribution < 1.29 is 13.2 Å². The van der Waals surface area contributed by atoms with E-state index in [0.717, 1.165) is 12.2 Å². The van der Waals surface area contributed by atoms with E-state index in [2.05, 4.69) is 24.0 Å². The highest BCUT2D eigenvalue weighted by Crippen LogP contribution is 2.40. The average molecular weight is 480 g/mol. The van der Waals surface area contributed by atoms with Gasteiger partial charge in [-0.15, -0.1) is 0 Å². The first-order valence-corrected chi connectivity index (χ1v) is 13.5. The highest BCUT2D eigenvalue weighted by molar-refractivity contribution is 7.92. The van der Waals surface area contributed by atoms with Gasteiger partial charge in [-0.25, -0.2) is 13.4 Å². The van der Waals surface area contributed by atoms with Crippen molar-refractivity contribution in [2.24, 2.45) is 0 Å². The molecule has 9 heteroatoms. The molecule has 0 radical (unpaired) electrons. The van der Waals surface area contributed by atoms with Crippen molar-refractivity contribution in [3.8, 4) is 6.07 Å². The van der Waals surface area contributed by atoms with Crippen molar-refractivity contribution in [2.75, 3.05) is 47.7 Å². The van der Waals surface area contributed by atoms with Crippen LogP contribution in [0.25, 0.3) is 0 Å². The maximum Gasteiger partial charge on any atom is 0.255 e. The zero-order valence-corrected chi connectivity index (χ0v) is 20.2. The zero-order valence-electron chi connectivity index (χ0n) is 19.4. The van der Waals surface area contributed by atoms with Crippen LogP contribution in [0, 0.1) is 18.3 Å². The number of carbonyl (C=O) groups is 1. The summed E-state index contributed by atoms with van der Waals surface area (Å²) in [7, 11) is -3.38. The Balaban J connectivity index is 1.28. The molecule has 2 aliphatic heterocycles. The van der Waals surface area contributed by atoms with Crippen molar-refractivity contribution in [3.05, 3.63) is 52.7 Å². The van der Waals surface area contributed by atoms with E-state index in [9.17, 15) is 18.5 Å². The summed E-state index contributed by atoms with van der Waals surface area (Å²) in [5.41, 5.74) is 3.46.